The molecule has 4 aromatic rings. The van der Waals surface area contributed by atoms with E-state index in [4.69, 9.17) is 32.1 Å². The van der Waals surface area contributed by atoms with Crippen molar-refractivity contribution in [2.75, 3.05) is 13.1 Å². The van der Waals surface area contributed by atoms with Gasteiger partial charge in [0.15, 0.2) is 0 Å². The Balaban J connectivity index is 1.82. The molecule has 222 valence electrons. The number of phosphoric ester groups is 1. The van der Waals surface area contributed by atoms with Crippen molar-refractivity contribution in [2.24, 2.45) is 11.7 Å². The summed E-state index contributed by atoms with van der Waals surface area (Å²) in [6, 6.07) is 20.3. The number of hydrogen-bond donors (Lipinski definition) is 3. The zero-order valence-electron chi connectivity index (χ0n) is 23.4. The Bertz CT molecular complexity index is 1640. The number of rotatable bonds is 12. The van der Waals surface area contributed by atoms with Crippen molar-refractivity contribution in [3.63, 3.8) is 0 Å². The van der Waals surface area contributed by atoms with E-state index in [0.29, 0.717) is 52.4 Å². The van der Waals surface area contributed by atoms with Crippen LogP contribution in [0.15, 0.2) is 77.6 Å². The Morgan fingerprint density at radius 1 is 1.07 bits per heavy atom. The topological polar surface area (TPSA) is 148 Å². The first kappa shape index (κ1) is 31.6. The molecule has 4 N–H and O–H groups in total. The average Bonchev–Trinajstić information content (AvgIpc) is 2.95. The van der Waals surface area contributed by atoms with E-state index in [-0.39, 0.29) is 30.5 Å². The van der Waals surface area contributed by atoms with Crippen molar-refractivity contribution in [3.05, 3.63) is 111 Å². The molecule has 0 bridgehead atoms. The van der Waals surface area contributed by atoms with Gasteiger partial charge in [0.1, 0.15) is 5.82 Å². The fourth-order valence-corrected chi connectivity index (χ4v) is 5.33. The van der Waals surface area contributed by atoms with E-state index in [1.807, 2.05) is 44.2 Å². The molecule has 0 spiro atoms. The molecule has 0 unspecified atom stereocenters. The zero-order chi connectivity index (χ0) is 30.4. The maximum Gasteiger partial charge on any atom is 0.469 e. The van der Waals surface area contributed by atoms with Crippen LogP contribution >= 0.6 is 19.4 Å². The van der Waals surface area contributed by atoms with Gasteiger partial charge in [-0.1, -0.05) is 67.9 Å². The molecule has 1 atom stereocenters. The van der Waals surface area contributed by atoms with Crippen molar-refractivity contribution in [3.8, 4) is 0 Å². The highest BCUT2D eigenvalue weighted by atomic mass is 35.5. The highest BCUT2D eigenvalue weighted by molar-refractivity contribution is 7.46. The highest BCUT2D eigenvalue weighted by Gasteiger charge is 2.32. The molecule has 1 heterocycles. The third kappa shape index (κ3) is 7.72. The van der Waals surface area contributed by atoms with Gasteiger partial charge in [-0.15, -0.1) is 0 Å². The molecule has 0 aliphatic rings. The summed E-state index contributed by atoms with van der Waals surface area (Å²) >= 11 is 6.28. The Hall–Kier alpha value is -3.37. The third-order valence-corrected chi connectivity index (χ3v) is 7.53. The summed E-state index contributed by atoms with van der Waals surface area (Å²) in [4.78, 5) is 52.6. The van der Waals surface area contributed by atoms with Gasteiger partial charge >= 0.3 is 7.82 Å². The van der Waals surface area contributed by atoms with Gasteiger partial charge in [-0.25, -0.2) is 9.55 Å². The van der Waals surface area contributed by atoms with Gasteiger partial charge in [0.2, 0.25) is 0 Å². The fraction of sp³-hybridized carbons (Fsp3) is 0.300. The number of fused-ring (bicyclic) bond motifs is 1. The normalized spacial score (nSPS) is 12.5. The van der Waals surface area contributed by atoms with E-state index in [2.05, 4.69) is 4.52 Å². The number of amides is 1. The number of aromatic nitrogens is 2. The van der Waals surface area contributed by atoms with Gasteiger partial charge in [0.05, 0.1) is 30.1 Å². The van der Waals surface area contributed by atoms with Crippen molar-refractivity contribution in [1.29, 1.82) is 0 Å². The zero-order valence-corrected chi connectivity index (χ0v) is 25.0. The number of nitrogens with two attached hydrogens (primary N) is 1. The highest BCUT2D eigenvalue weighted by Crippen LogP contribution is 2.37. The van der Waals surface area contributed by atoms with Crippen molar-refractivity contribution >= 4 is 36.2 Å². The lowest BCUT2D eigenvalue weighted by Gasteiger charge is -2.35. The summed E-state index contributed by atoms with van der Waals surface area (Å²) < 4.78 is 17.3. The molecule has 1 aromatic heterocycles. The minimum Gasteiger partial charge on any atom is -0.330 e. The molecule has 0 saturated heterocycles. The number of nitrogens with zero attached hydrogens (tertiary/aromatic N) is 3. The first-order valence-electron chi connectivity index (χ1n) is 13.5. The van der Waals surface area contributed by atoms with Crippen LogP contribution in [0.2, 0.25) is 5.02 Å². The van der Waals surface area contributed by atoms with E-state index < -0.39 is 13.9 Å². The number of benzene rings is 3. The predicted octanol–water partition coefficient (Wildman–Crippen LogP) is 4.90. The Morgan fingerprint density at radius 2 is 1.76 bits per heavy atom. The summed E-state index contributed by atoms with van der Waals surface area (Å²) in [5.74, 6) is -0.00447. The molecule has 0 fully saturated rings. The smallest absolute Gasteiger partial charge is 0.330 e. The second-order valence-corrected chi connectivity index (χ2v) is 12.0. The van der Waals surface area contributed by atoms with Crippen LogP contribution in [0.1, 0.15) is 53.6 Å². The van der Waals surface area contributed by atoms with Crippen LogP contribution in [0.3, 0.4) is 0 Å². The standard InChI is InChI=1S/C30H34ClN4O6P/c1-20(2)27(34(16-6-15-32)29(36)23-11-9-22(10-12-23)19-41-42(38,39)40)28-33-26-17-24(31)13-14-25(26)30(37)35(28)18-21-7-4-3-5-8-21/h3-5,7-14,17,20,27H,6,15-16,18-19,32H2,1-2H3,(H2,38,39,40)/t27-/m1/s1. The van der Waals surface area contributed by atoms with Gasteiger partial charge in [0, 0.05) is 17.1 Å². The number of halogens is 1. The summed E-state index contributed by atoms with van der Waals surface area (Å²) in [6.45, 7) is 4.56. The lowest BCUT2D eigenvalue weighted by Crippen LogP contribution is -2.42. The van der Waals surface area contributed by atoms with Gasteiger partial charge in [-0.2, -0.15) is 0 Å². The number of carbonyl (C=O) groups excluding carboxylic acids is 1. The lowest BCUT2D eigenvalue weighted by atomic mass is 9.98. The second kappa shape index (κ2) is 13.7. The predicted molar refractivity (Wildman–Crippen MR) is 162 cm³/mol. The molecular formula is C30H34ClN4O6P. The molecular weight excluding hydrogens is 579 g/mol. The van der Waals surface area contributed by atoms with Crippen LogP contribution < -0.4 is 11.3 Å². The van der Waals surface area contributed by atoms with Crippen molar-refractivity contribution in [2.45, 2.75) is 39.5 Å². The molecule has 1 amide bonds. The van der Waals surface area contributed by atoms with Crippen LogP contribution in [0.4, 0.5) is 0 Å². The maximum atomic E-state index is 14.1. The van der Waals surface area contributed by atoms with Crippen molar-refractivity contribution < 1.29 is 23.7 Å². The third-order valence-electron chi connectivity index (χ3n) is 6.83. The summed E-state index contributed by atoms with van der Waals surface area (Å²) in [5, 5.41) is 0.871. The molecule has 0 saturated carbocycles. The summed E-state index contributed by atoms with van der Waals surface area (Å²) in [5.41, 5.74) is 7.84. The largest absolute Gasteiger partial charge is 0.469 e. The Labute approximate surface area is 249 Å². The molecule has 3 aromatic carbocycles. The van der Waals surface area contributed by atoms with Gasteiger partial charge in [-0.05, 0) is 60.3 Å². The quantitative estimate of drug-likeness (QED) is 0.191. The average molecular weight is 613 g/mol. The van der Waals surface area contributed by atoms with Crippen LogP contribution in [0.5, 0.6) is 0 Å². The molecule has 12 heteroatoms. The van der Waals surface area contributed by atoms with E-state index in [1.54, 1.807) is 51.9 Å². The molecule has 0 aliphatic heterocycles. The molecule has 0 aliphatic carbocycles. The van der Waals surface area contributed by atoms with E-state index >= 15 is 0 Å². The fourth-order valence-electron chi connectivity index (χ4n) is 4.85. The number of hydrogen-bond acceptors (Lipinski definition) is 6. The molecule has 10 nitrogen and oxygen atoms in total. The number of carbonyl (C=O) groups is 1. The van der Waals surface area contributed by atoms with E-state index in [9.17, 15) is 14.2 Å². The van der Waals surface area contributed by atoms with E-state index in [1.165, 1.54) is 0 Å². The molecule has 0 radical (unpaired) electrons. The monoisotopic (exact) mass is 612 g/mol. The minimum atomic E-state index is -4.63. The summed E-state index contributed by atoms with van der Waals surface area (Å²) in [7, 11) is -4.63. The Morgan fingerprint density at radius 3 is 2.38 bits per heavy atom. The van der Waals surface area contributed by atoms with Crippen LogP contribution in [0.25, 0.3) is 10.9 Å². The van der Waals surface area contributed by atoms with Crippen LogP contribution in [-0.2, 0) is 22.2 Å². The maximum absolute atomic E-state index is 14.1. The number of phosphoric acid groups is 1. The first-order chi connectivity index (χ1) is 20.0. The first-order valence-corrected chi connectivity index (χ1v) is 15.4. The van der Waals surface area contributed by atoms with E-state index in [0.717, 1.165) is 5.56 Å². The minimum absolute atomic E-state index is 0.145. The van der Waals surface area contributed by atoms with Gasteiger partial charge in [0.25, 0.3) is 11.5 Å². The second-order valence-electron chi connectivity index (χ2n) is 10.3. The van der Waals surface area contributed by atoms with Crippen LogP contribution in [-0.4, -0.2) is 43.2 Å². The van der Waals surface area contributed by atoms with Crippen LogP contribution in [0, 0.1) is 5.92 Å². The lowest BCUT2D eigenvalue weighted by molar-refractivity contribution is 0.0602. The Kier molecular flexibility index (Phi) is 10.3. The van der Waals surface area contributed by atoms with Crippen molar-refractivity contribution in [1.82, 2.24) is 14.5 Å². The molecule has 42 heavy (non-hydrogen) atoms. The summed E-state index contributed by atoms with van der Waals surface area (Å²) in [6.07, 6.45) is 0.519. The molecule has 4 rings (SSSR count). The SMILES string of the molecule is CC(C)[C@H](c1nc2cc(Cl)ccc2c(=O)n1Cc1ccccc1)N(CCCN)C(=O)c1ccc(COP(=O)(O)O)cc1. The van der Waals surface area contributed by atoms with Gasteiger partial charge < -0.3 is 20.4 Å². The van der Waals surface area contributed by atoms with Gasteiger partial charge in [-0.3, -0.25) is 18.7 Å².